The highest BCUT2D eigenvalue weighted by Gasteiger charge is 2.30. The Bertz CT molecular complexity index is 431. The topological polar surface area (TPSA) is 68.0 Å². The van der Waals surface area contributed by atoms with Crippen molar-refractivity contribution in [1.82, 2.24) is 15.0 Å². The summed E-state index contributed by atoms with van der Waals surface area (Å²) >= 11 is 0. The van der Waals surface area contributed by atoms with Crippen LogP contribution in [-0.4, -0.2) is 26.1 Å². The predicted octanol–water partition coefficient (Wildman–Crippen LogP) is 2.04. The smallest absolute Gasteiger partial charge is 0.358 e. The third-order valence-electron chi connectivity index (χ3n) is 3.84. The summed E-state index contributed by atoms with van der Waals surface area (Å²) in [7, 11) is 0. The van der Waals surface area contributed by atoms with Gasteiger partial charge in [-0.3, -0.25) is 0 Å². The Morgan fingerprint density at radius 2 is 2.00 bits per heavy atom. The zero-order chi connectivity index (χ0) is 11.8. The van der Waals surface area contributed by atoms with Crippen LogP contribution in [0.1, 0.15) is 60.7 Å². The molecule has 17 heavy (non-hydrogen) atoms. The summed E-state index contributed by atoms with van der Waals surface area (Å²) in [6, 6.07) is 0.379. The fourth-order valence-corrected chi connectivity index (χ4v) is 2.71. The van der Waals surface area contributed by atoms with E-state index in [1.807, 2.05) is 4.68 Å². The van der Waals surface area contributed by atoms with Crippen LogP contribution in [0.5, 0.6) is 0 Å². The molecule has 1 heterocycles. The molecular weight excluding hydrogens is 218 g/mol. The van der Waals surface area contributed by atoms with Crippen LogP contribution in [0.3, 0.4) is 0 Å². The maximum absolute atomic E-state index is 11.1. The van der Waals surface area contributed by atoms with Gasteiger partial charge >= 0.3 is 5.97 Å². The zero-order valence-corrected chi connectivity index (χ0v) is 9.80. The molecule has 3 rings (SSSR count). The second-order valence-corrected chi connectivity index (χ2v) is 5.22. The van der Waals surface area contributed by atoms with Crippen molar-refractivity contribution in [3.05, 3.63) is 11.4 Å². The number of carboxylic acid groups (broad SMARTS) is 1. The van der Waals surface area contributed by atoms with E-state index in [1.165, 1.54) is 25.7 Å². The number of hydrogen-bond acceptors (Lipinski definition) is 3. The molecular formula is C12H17N3O2. The van der Waals surface area contributed by atoms with E-state index >= 15 is 0 Å². The maximum Gasteiger partial charge on any atom is 0.358 e. The minimum absolute atomic E-state index is 0.170. The Hall–Kier alpha value is -1.39. The molecule has 1 N–H and O–H groups in total. The van der Waals surface area contributed by atoms with Crippen LogP contribution in [0.15, 0.2) is 0 Å². The fourth-order valence-electron chi connectivity index (χ4n) is 2.71. The zero-order valence-electron chi connectivity index (χ0n) is 9.80. The van der Waals surface area contributed by atoms with Gasteiger partial charge in [0.15, 0.2) is 5.69 Å². The van der Waals surface area contributed by atoms with Crippen LogP contribution in [0.4, 0.5) is 0 Å². The van der Waals surface area contributed by atoms with Crippen molar-refractivity contribution in [2.24, 2.45) is 5.92 Å². The molecule has 2 aliphatic rings. The highest BCUT2D eigenvalue weighted by atomic mass is 16.4. The van der Waals surface area contributed by atoms with Crippen LogP contribution in [0.2, 0.25) is 0 Å². The molecule has 0 saturated heterocycles. The number of carbonyl (C=O) groups is 1. The third-order valence-corrected chi connectivity index (χ3v) is 3.84. The highest BCUT2D eigenvalue weighted by Crippen LogP contribution is 2.36. The molecule has 5 heteroatoms. The van der Waals surface area contributed by atoms with Crippen LogP contribution < -0.4 is 0 Å². The molecule has 1 aromatic heterocycles. The van der Waals surface area contributed by atoms with E-state index in [4.69, 9.17) is 5.11 Å². The van der Waals surface area contributed by atoms with Gasteiger partial charge in [-0.15, -0.1) is 5.10 Å². The first kappa shape index (κ1) is 10.7. The number of rotatable bonds is 4. The van der Waals surface area contributed by atoms with Gasteiger partial charge in [0.2, 0.25) is 0 Å². The van der Waals surface area contributed by atoms with Gasteiger partial charge in [0.25, 0.3) is 0 Å². The van der Waals surface area contributed by atoms with Gasteiger partial charge in [-0.2, -0.15) is 0 Å². The number of carboxylic acids is 1. The Balaban J connectivity index is 1.92. The molecule has 0 unspecified atom stereocenters. The summed E-state index contributed by atoms with van der Waals surface area (Å²) < 4.78 is 1.90. The molecule has 2 saturated carbocycles. The SMILES string of the molecule is O=C(O)c1nnn(C2CCCC2)c1CC1CC1. The molecule has 1 aromatic rings. The van der Waals surface area contributed by atoms with Crippen molar-refractivity contribution in [2.75, 3.05) is 0 Å². The van der Waals surface area contributed by atoms with Crippen LogP contribution >= 0.6 is 0 Å². The lowest BCUT2D eigenvalue weighted by atomic mass is 10.1. The summed E-state index contributed by atoms with van der Waals surface area (Å²) in [5, 5.41) is 17.1. The Kier molecular flexibility index (Phi) is 2.61. The fraction of sp³-hybridized carbons (Fsp3) is 0.750. The summed E-state index contributed by atoms with van der Waals surface area (Å²) in [5.74, 6) is -0.281. The average molecular weight is 235 g/mol. The van der Waals surface area contributed by atoms with Crippen molar-refractivity contribution in [3.8, 4) is 0 Å². The van der Waals surface area contributed by atoms with Crippen molar-refractivity contribution in [1.29, 1.82) is 0 Å². The summed E-state index contributed by atoms with van der Waals surface area (Å²) in [6.07, 6.45) is 7.93. The van der Waals surface area contributed by atoms with E-state index in [0.29, 0.717) is 12.0 Å². The van der Waals surface area contributed by atoms with Gasteiger partial charge < -0.3 is 5.11 Å². The molecule has 0 atom stereocenters. The van der Waals surface area contributed by atoms with Crippen LogP contribution in [0.25, 0.3) is 0 Å². The number of aromatic carboxylic acids is 1. The lowest BCUT2D eigenvalue weighted by Gasteiger charge is -2.12. The largest absolute Gasteiger partial charge is 0.476 e. The van der Waals surface area contributed by atoms with Crippen molar-refractivity contribution in [3.63, 3.8) is 0 Å². The second kappa shape index (κ2) is 4.13. The monoisotopic (exact) mass is 235 g/mol. The molecule has 0 aliphatic heterocycles. The molecule has 92 valence electrons. The number of nitrogens with zero attached hydrogens (tertiary/aromatic N) is 3. The van der Waals surface area contributed by atoms with Crippen LogP contribution in [-0.2, 0) is 6.42 Å². The average Bonchev–Trinajstić information content (AvgIpc) is 2.80. The normalized spacial score (nSPS) is 20.9. The first-order chi connectivity index (χ1) is 8.25. The van der Waals surface area contributed by atoms with Gasteiger partial charge in [-0.25, -0.2) is 9.48 Å². The van der Waals surface area contributed by atoms with Crippen molar-refractivity contribution >= 4 is 5.97 Å². The van der Waals surface area contributed by atoms with E-state index in [-0.39, 0.29) is 5.69 Å². The van der Waals surface area contributed by atoms with E-state index in [0.717, 1.165) is 25.0 Å². The maximum atomic E-state index is 11.1. The van der Waals surface area contributed by atoms with Crippen LogP contribution in [0, 0.1) is 5.92 Å². The summed E-state index contributed by atoms with van der Waals surface area (Å²) in [6.45, 7) is 0. The van der Waals surface area contributed by atoms with E-state index in [2.05, 4.69) is 10.3 Å². The molecule has 5 nitrogen and oxygen atoms in total. The van der Waals surface area contributed by atoms with E-state index in [9.17, 15) is 4.79 Å². The molecule has 0 spiro atoms. The Morgan fingerprint density at radius 3 is 2.59 bits per heavy atom. The van der Waals surface area contributed by atoms with Gasteiger partial charge in [0, 0.05) is 0 Å². The molecule has 0 radical (unpaired) electrons. The van der Waals surface area contributed by atoms with Gasteiger partial charge in [-0.05, 0) is 38.0 Å². The standard InChI is InChI=1S/C12H17N3O2/c16-12(17)11-10(7-8-5-6-8)15(14-13-11)9-3-1-2-4-9/h8-9H,1-7H2,(H,16,17). The Morgan fingerprint density at radius 1 is 1.29 bits per heavy atom. The van der Waals surface area contributed by atoms with E-state index in [1.54, 1.807) is 0 Å². The molecule has 0 bridgehead atoms. The minimum Gasteiger partial charge on any atom is -0.476 e. The first-order valence-corrected chi connectivity index (χ1v) is 6.43. The lowest BCUT2D eigenvalue weighted by molar-refractivity contribution is 0.0689. The third kappa shape index (κ3) is 2.06. The highest BCUT2D eigenvalue weighted by molar-refractivity contribution is 5.86. The van der Waals surface area contributed by atoms with Crippen molar-refractivity contribution < 1.29 is 9.90 Å². The first-order valence-electron chi connectivity index (χ1n) is 6.43. The summed E-state index contributed by atoms with van der Waals surface area (Å²) in [4.78, 5) is 11.1. The quantitative estimate of drug-likeness (QED) is 0.867. The second-order valence-electron chi connectivity index (χ2n) is 5.22. The molecule has 2 fully saturated rings. The molecule has 2 aliphatic carbocycles. The minimum atomic E-state index is -0.940. The Labute approximate surface area is 99.8 Å². The molecule has 0 aromatic carbocycles. The van der Waals surface area contributed by atoms with Gasteiger partial charge in [-0.1, -0.05) is 18.1 Å². The van der Waals surface area contributed by atoms with Gasteiger partial charge in [0.05, 0.1) is 11.7 Å². The predicted molar refractivity (Wildman–Crippen MR) is 60.9 cm³/mol. The van der Waals surface area contributed by atoms with E-state index < -0.39 is 5.97 Å². The van der Waals surface area contributed by atoms with Gasteiger partial charge in [0.1, 0.15) is 0 Å². The lowest BCUT2D eigenvalue weighted by Crippen LogP contribution is -2.13. The number of hydrogen-bond donors (Lipinski definition) is 1. The van der Waals surface area contributed by atoms with Crippen molar-refractivity contribution in [2.45, 2.75) is 51.0 Å². The summed E-state index contributed by atoms with van der Waals surface area (Å²) in [5.41, 5.74) is 1.02. The number of aromatic nitrogens is 3. The molecule has 0 amide bonds.